The zero-order valence-electron chi connectivity index (χ0n) is 15.3. The minimum atomic E-state index is -0.479. The minimum absolute atomic E-state index is 0.152. The van der Waals surface area contributed by atoms with Crippen LogP contribution in [0.15, 0.2) is 42.5 Å². The highest BCUT2D eigenvalue weighted by Crippen LogP contribution is 2.28. The monoisotopic (exact) mass is 387 g/mol. The van der Waals surface area contributed by atoms with Gasteiger partial charge < -0.3 is 20.3 Å². The molecule has 0 bridgehead atoms. The van der Waals surface area contributed by atoms with Gasteiger partial charge in [-0.15, -0.1) is 0 Å². The van der Waals surface area contributed by atoms with E-state index in [1.807, 2.05) is 24.3 Å². The summed E-state index contributed by atoms with van der Waals surface area (Å²) in [7, 11) is 1.53. The van der Waals surface area contributed by atoms with Crippen LogP contribution in [-0.4, -0.2) is 31.5 Å². The average molecular weight is 388 g/mol. The fourth-order valence-corrected chi connectivity index (χ4v) is 3.17. The van der Waals surface area contributed by atoms with Crippen molar-refractivity contribution in [1.29, 1.82) is 0 Å². The van der Waals surface area contributed by atoms with Gasteiger partial charge in [-0.25, -0.2) is 0 Å². The molecule has 1 aliphatic heterocycles. The van der Waals surface area contributed by atoms with Crippen LogP contribution >= 0.6 is 11.6 Å². The lowest BCUT2D eigenvalue weighted by molar-refractivity contribution is -0.117. The molecular formula is C20H22ClN3O3. The van der Waals surface area contributed by atoms with Gasteiger partial charge in [-0.05, 0) is 55.8 Å². The van der Waals surface area contributed by atoms with Gasteiger partial charge in [0.1, 0.15) is 11.8 Å². The van der Waals surface area contributed by atoms with E-state index in [1.165, 1.54) is 7.11 Å². The maximum atomic E-state index is 12.5. The highest BCUT2D eigenvalue weighted by atomic mass is 35.5. The minimum Gasteiger partial charge on any atom is -0.495 e. The number of ether oxygens (including phenoxy) is 1. The van der Waals surface area contributed by atoms with E-state index in [0.717, 1.165) is 24.3 Å². The van der Waals surface area contributed by atoms with Gasteiger partial charge in [-0.1, -0.05) is 11.6 Å². The standard InChI is InChI=1S/C20H22ClN3O3/c1-13(20(26)23-17-12-14(21)5-10-18(17)27-2)22-15-6-8-16(9-7-15)24-11-3-4-19(24)25/h5-10,12-13,22H,3-4,11H2,1-2H3,(H,23,26)/t13-/m1/s1. The molecule has 1 heterocycles. The lowest BCUT2D eigenvalue weighted by Crippen LogP contribution is -2.32. The molecule has 7 heteroatoms. The Bertz CT molecular complexity index is 839. The molecule has 0 radical (unpaired) electrons. The summed E-state index contributed by atoms with van der Waals surface area (Å²) in [5, 5.41) is 6.49. The van der Waals surface area contributed by atoms with Gasteiger partial charge in [0.2, 0.25) is 11.8 Å². The second-order valence-corrected chi connectivity index (χ2v) is 6.83. The number of hydrogen-bond acceptors (Lipinski definition) is 4. The van der Waals surface area contributed by atoms with E-state index in [1.54, 1.807) is 30.0 Å². The van der Waals surface area contributed by atoms with Gasteiger partial charge in [0.25, 0.3) is 0 Å². The molecule has 2 aromatic carbocycles. The summed E-state index contributed by atoms with van der Waals surface area (Å²) < 4.78 is 5.24. The van der Waals surface area contributed by atoms with Crippen LogP contribution in [0.2, 0.25) is 5.02 Å². The number of halogens is 1. The molecule has 3 rings (SSSR count). The zero-order valence-corrected chi connectivity index (χ0v) is 16.0. The first-order valence-electron chi connectivity index (χ1n) is 8.79. The van der Waals surface area contributed by atoms with Gasteiger partial charge in [-0.3, -0.25) is 9.59 Å². The Morgan fingerprint density at radius 2 is 1.96 bits per heavy atom. The SMILES string of the molecule is COc1ccc(Cl)cc1NC(=O)[C@@H](C)Nc1ccc(N2CCCC2=O)cc1. The van der Waals surface area contributed by atoms with Crippen molar-refractivity contribution in [1.82, 2.24) is 0 Å². The Hall–Kier alpha value is -2.73. The topological polar surface area (TPSA) is 70.7 Å². The van der Waals surface area contributed by atoms with Crippen LogP contribution in [0.25, 0.3) is 0 Å². The van der Waals surface area contributed by atoms with Crippen LogP contribution < -0.4 is 20.3 Å². The third-order valence-corrected chi connectivity index (χ3v) is 4.68. The molecule has 0 unspecified atom stereocenters. The van der Waals surface area contributed by atoms with E-state index in [-0.39, 0.29) is 11.8 Å². The van der Waals surface area contributed by atoms with Crippen molar-refractivity contribution in [3.8, 4) is 5.75 Å². The number of hydrogen-bond donors (Lipinski definition) is 2. The molecule has 27 heavy (non-hydrogen) atoms. The Balaban J connectivity index is 1.63. The summed E-state index contributed by atoms with van der Waals surface area (Å²) in [5.41, 5.74) is 2.20. The summed E-state index contributed by atoms with van der Waals surface area (Å²) >= 11 is 6.00. The number of carbonyl (C=O) groups excluding carboxylic acids is 2. The average Bonchev–Trinajstić information content (AvgIpc) is 3.08. The smallest absolute Gasteiger partial charge is 0.246 e. The molecule has 1 fully saturated rings. The molecule has 0 aliphatic carbocycles. The fourth-order valence-electron chi connectivity index (χ4n) is 2.99. The Morgan fingerprint density at radius 1 is 1.22 bits per heavy atom. The van der Waals surface area contributed by atoms with Gasteiger partial charge >= 0.3 is 0 Å². The number of benzene rings is 2. The summed E-state index contributed by atoms with van der Waals surface area (Å²) in [5.74, 6) is 0.480. The third kappa shape index (κ3) is 4.52. The van der Waals surface area contributed by atoms with Crippen LogP contribution in [0.1, 0.15) is 19.8 Å². The van der Waals surface area contributed by atoms with Crippen molar-refractivity contribution >= 4 is 40.5 Å². The number of nitrogens with one attached hydrogen (secondary N) is 2. The van der Waals surface area contributed by atoms with E-state index in [4.69, 9.17) is 16.3 Å². The van der Waals surface area contributed by atoms with Gasteiger partial charge in [-0.2, -0.15) is 0 Å². The van der Waals surface area contributed by atoms with Crippen LogP contribution in [0.5, 0.6) is 5.75 Å². The molecule has 2 N–H and O–H groups in total. The molecule has 0 spiro atoms. The van der Waals surface area contributed by atoms with Crippen LogP contribution in [0.3, 0.4) is 0 Å². The van der Waals surface area contributed by atoms with Gasteiger partial charge in [0, 0.05) is 29.4 Å². The predicted octanol–water partition coefficient (Wildman–Crippen LogP) is 3.91. The van der Waals surface area contributed by atoms with E-state index in [9.17, 15) is 9.59 Å². The lowest BCUT2D eigenvalue weighted by Gasteiger charge is -2.19. The summed E-state index contributed by atoms with van der Waals surface area (Å²) in [6.45, 7) is 2.52. The lowest BCUT2D eigenvalue weighted by atomic mass is 10.2. The molecule has 0 aromatic heterocycles. The van der Waals surface area contributed by atoms with Gasteiger partial charge in [0.15, 0.2) is 0 Å². The van der Waals surface area contributed by atoms with Gasteiger partial charge in [0.05, 0.1) is 12.8 Å². The van der Waals surface area contributed by atoms with Crippen LogP contribution in [0, 0.1) is 0 Å². The van der Waals surface area contributed by atoms with E-state index in [0.29, 0.717) is 22.9 Å². The summed E-state index contributed by atoms with van der Waals surface area (Å²) in [4.78, 5) is 26.1. The molecule has 1 saturated heterocycles. The Morgan fingerprint density at radius 3 is 2.59 bits per heavy atom. The zero-order chi connectivity index (χ0) is 19.4. The third-order valence-electron chi connectivity index (χ3n) is 4.45. The molecule has 1 aliphatic rings. The largest absolute Gasteiger partial charge is 0.495 e. The van der Waals surface area contributed by atoms with E-state index in [2.05, 4.69) is 10.6 Å². The van der Waals surface area contributed by atoms with E-state index < -0.39 is 6.04 Å². The number of amides is 2. The Kier molecular flexibility index (Phi) is 5.86. The normalized spacial score (nSPS) is 14.8. The molecule has 6 nitrogen and oxygen atoms in total. The quantitative estimate of drug-likeness (QED) is 0.788. The number of methoxy groups -OCH3 is 1. The fraction of sp³-hybridized carbons (Fsp3) is 0.300. The van der Waals surface area contributed by atoms with Crippen molar-refractivity contribution in [2.75, 3.05) is 29.2 Å². The maximum absolute atomic E-state index is 12.5. The first-order chi connectivity index (χ1) is 13.0. The number of nitrogens with zero attached hydrogens (tertiary/aromatic N) is 1. The van der Waals surface area contributed by atoms with Crippen molar-refractivity contribution in [3.63, 3.8) is 0 Å². The highest BCUT2D eigenvalue weighted by molar-refractivity contribution is 6.31. The number of anilines is 3. The summed E-state index contributed by atoms with van der Waals surface area (Å²) in [6.07, 6.45) is 1.49. The molecule has 2 aromatic rings. The summed E-state index contributed by atoms with van der Waals surface area (Å²) in [6, 6.07) is 12.1. The number of carbonyl (C=O) groups is 2. The molecule has 1 atom stereocenters. The van der Waals surface area contributed by atoms with Crippen LogP contribution in [-0.2, 0) is 9.59 Å². The molecular weight excluding hydrogens is 366 g/mol. The highest BCUT2D eigenvalue weighted by Gasteiger charge is 2.21. The Labute approximate surface area is 163 Å². The van der Waals surface area contributed by atoms with Crippen molar-refractivity contribution in [2.45, 2.75) is 25.8 Å². The molecule has 142 valence electrons. The van der Waals surface area contributed by atoms with E-state index >= 15 is 0 Å². The second kappa shape index (κ2) is 8.31. The van der Waals surface area contributed by atoms with Crippen LogP contribution in [0.4, 0.5) is 17.1 Å². The van der Waals surface area contributed by atoms with Crippen molar-refractivity contribution in [3.05, 3.63) is 47.5 Å². The predicted molar refractivity (Wildman–Crippen MR) is 108 cm³/mol. The maximum Gasteiger partial charge on any atom is 0.246 e. The number of rotatable bonds is 6. The second-order valence-electron chi connectivity index (χ2n) is 6.40. The van der Waals surface area contributed by atoms with Crippen molar-refractivity contribution in [2.24, 2.45) is 0 Å². The molecule has 0 saturated carbocycles. The first-order valence-corrected chi connectivity index (χ1v) is 9.17. The first kappa shape index (κ1) is 19.0. The van der Waals surface area contributed by atoms with Crippen molar-refractivity contribution < 1.29 is 14.3 Å². The molecule has 2 amide bonds.